The summed E-state index contributed by atoms with van der Waals surface area (Å²) in [7, 11) is 0. The lowest BCUT2D eigenvalue weighted by Gasteiger charge is -2.19. The van der Waals surface area contributed by atoms with Crippen LogP contribution in [0.3, 0.4) is 0 Å². The molecular formula is C12H21F3. The molecule has 3 heteroatoms. The average Bonchev–Trinajstić information content (AvgIpc) is 2.29. The number of allylic oxidation sites excluding steroid dienone is 2. The van der Waals surface area contributed by atoms with E-state index in [9.17, 15) is 13.2 Å². The third kappa shape index (κ3) is 5.85. The van der Waals surface area contributed by atoms with E-state index in [-0.39, 0.29) is 0 Å². The van der Waals surface area contributed by atoms with Crippen LogP contribution in [0.5, 0.6) is 0 Å². The van der Waals surface area contributed by atoms with Crippen molar-refractivity contribution in [1.82, 2.24) is 0 Å². The van der Waals surface area contributed by atoms with Crippen molar-refractivity contribution in [2.24, 2.45) is 5.41 Å². The lowest BCUT2D eigenvalue weighted by molar-refractivity contribution is 0.163. The van der Waals surface area contributed by atoms with Gasteiger partial charge in [0.25, 0.3) is 0 Å². The standard InChI is InChI=1S/C12H21F3/c1-2-3-4-5-6-7-8-12(9-13,10-14)11-15/h7-8H,2-6,9-11H2,1H3. The molecule has 0 aliphatic heterocycles. The zero-order valence-electron chi connectivity index (χ0n) is 9.45. The minimum Gasteiger partial charge on any atom is -0.250 e. The van der Waals surface area contributed by atoms with Gasteiger partial charge in [-0.25, -0.2) is 13.2 Å². The fourth-order valence-electron chi connectivity index (χ4n) is 1.26. The van der Waals surface area contributed by atoms with Crippen molar-refractivity contribution in [2.75, 3.05) is 20.0 Å². The van der Waals surface area contributed by atoms with E-state index in [0.717, 1.165) is 25.7 Å². The Morgan fingerprint density at radius 3 is 2.00 bits per heavy atom. The van der Waals surface area contributed by atoms with Crippen molar-refractivity contribution in [3.05, 3.63) is 12.2 Å². The summed E-state index contributed by atoms with van der Waals surface area (Å²) in [5.41, 5.74) is -1.51. The first-order valence-corrected chi connectivity index (χ1v) is 5.60. The molecule has 0 aromatic carbocycles. The van der Waals surface area contributed by atoms with Crippen LogP contribution in [0.15, 0.2) is 12.2 Å². The van der Waals surface area contributed by atoms with E-state index in [2.05, 4.69) is 6.92 Å². The lowest BCUT2D eigenvalue weighted by atomic mass is 9.92. The maximum absolute atomic E-state index is 12.4. The van der Waals surface area contributed by atoms with Crippen LogP contribution in [0, 0.1) is 5.41 Å². The predicted molar refractivity (Wildman–Crippen MR) is 58.3 cm³/mol. The van der Waals surface area contributed by atoms with Gasteiger partial charge in [-0.1, -0.05) is 38.3 Å². The summed E-state index contributed by atoms with van der Waals surface area (Å²) >= 11 is 0. The minimum absolute atomic E-state index is 0.780. The van der Waals surface area contributed by atoms with Crippen molar-refractivity contribution in [3.63, 3.8) is 0 Å². The molecular weight excluding hydrogens is 201 g/mol. The average molecular weight is 222 g/mol. The summed E-state index contributed by atoms with van der Waals surface area (Å²) in [5, 5.41) is 0. The van der Waals surface area contributed by atoms with E-state index in [1.165, 1.54) is 12.5 Å². The number of alkyl halides is 3. The number of halogens is 3. The topological polar surface area (TPSA) is 0 Å². The Hall–Kier alpha value is -0.470. The summed E-state index contributed by atoms with van der Waals surface area (Å²) in [6.07, 6.45) is 8.30. The van der Waals surface area contributed by atoms with Crippen LogP contribution in [0.4, 0.5) is 13.2 Å². The Bertz CT molecular complexity index is 154. The van der Waals surface area contributed by atoms with Crippen LogP contribution in [0.25, 0.3) is 0 Å². The smallest absolute Gasteiger partial charge is 0.104 e. The maximum Gasteiger partial charge on any atom is 0.104 e. The normalized spacial score (nSPS) is 12.5. The lowest BCUT2D eigenvalue weighted by Crippen LogP contribution is -2.25. The Kier molecular flexibility index (Phi) is 8.53. The molecule has 0 radical (unpaired) electrons. The number of hydrogen-bond donors (Lipinski definition) is 0. The molecule has 0 aliphatic carbocycles. The second-order valence-electron chi connectivity index (χ2n) is 4.01. The van der Waals surface area contributed by atoms with E-state index >= 15 is 0 Å². The first-order valence-electron chi connectivity index (χ1n) is 5.60. The van der Waals surface area contributed by atoms with Crippen LogP contribution >= 0.6 is 0 Å². The van der Waals surface area contributed by atoms with Gasteiger partial charge in [0, 0.05) is 0 Å². The van der Waals surface area contributed by atoms with Gasteiger partial charge in [0.15, 0.2) is 0 Å². The second-order valence-corrected chi connectivity index (χ2v) is 4.01. The largest absolute Gasteiger partial charge is 0.250 e. The number of hydrogen-bond acceptors (Lipinski definition) is 0. The first kappa shape index (κ1) is 14.5. The fraction of sp³-hybridized carbons (Fsp3) is 0.833. The molecule has 0 heterocycles. The first-order chi connectivity index (χ1) is 7.24. The molecule has 0 saturated heterocycles. The summed E-state index contributed by atoms with van der Waals surface area (Å²) in [6.45, 7) is -0.779. The van der Waals surface area contributed by atoms with Crippen molar-refractivity contribution < 1.29 is 13.2 Å². The van der Waals surface area contributed by atoms with Crippen LogP contribution in [-0.2, 0) is 0 Å². The second kappa shape index (κ2) is 8.81. The zero-order chi connectivity index (χ0) is 11.6. The molecule has 15 heavy (non-hydrogen) atoms. The highest BCUT2D eigenvalue weighted by Crippen LogP contribution is 2.22. The Balaban J connectivity index is 3.80. The van der Waals surface area contributed by atoms with Crippen molar-refractivity contribution in [3.8, 4) is 0 Å². The molecule has 0 atom stereocenters. The Labute approximate surface area is 90.6 Å². The monoisotopic (exact) mass is 222 g/mol. The highest BCUT2D eigenvalue weighted by atomic mass is 19.1. The molecule has 0 fully saturated rings. The van der Waals surface area contributed by atoms with Crippen LogP contribution < -0.4 is 0 Å². The third-order valence-electron chi connectivity index (χ3n) is 2.49. The highest BCUT2D eigenvalue weighted by Gasteiger charge is 2.27. The van der Waals surface area contributed by atoms with Crippen LogP contribution in [0.2, 0.25) is 0 Å². The van der Waals surface area contributed by atoms with Gasteiger partial charge in [0.2, 0.25) is 0 Å². The van der Waals surface area contributed by atoms with E-state index < -0.39 is 25.4 Å². The Morgan fingerprint density at radius 1 is 0.933 bits per heavy atom. The van der Waals surface area contributed by atoms with Gasteiger partial charge in [-0.05, 0) is 12.8 Å². The van der Waals surface area contributed by atoms with Crippen LogP contribution in [-0.4, -0.2) is 20.0 Å². The van der Waals surface area contributed by atoms with E-state index in [1.807, 2.05) is 0 Å². The fourth-order valence-corrected chi connectivity index (χ4v) is 1.26. The molecule has 0 saturated carbocycles. The molecule has 0 aliphatic rings. The van der Waals surface area contributed by atoms with E-state index in [4.69, 9.17) is 0 Å². The predicted octanol–water partition coefficient (Wildman–Crippen LogP) is 4.41. The SMILES string of the molecule is CCCCCCC=CC(CF)(CF)CF. The Morgan fingerprint density at radius 2 is 1.53 bits per heavy atom. The van der Waals surface area contributed by atoms with E-state index in [1.54, 1.807) is 6.08 Å². The van der Waals surface area contributed by atoms with Gasteiger partial charge in [0.05, 0.1) is 5.41 Å². The van der Waals surface area contributed by atoms with Gasteiger partial charge in [-0.2, -0.15) is 0 Å². The molecule has 0 rings (SSSR count). The van der Waals surface area contributed by atoms with Gasteiger partial charge >= 0.3 is 0 Å². The zero-order valence-corrected chi connectivity index (χ0v) is 9.45. The number of rotatable bonds is 9. The van der Waals surface area contributed by atoms with Gasteiger partial charge < -0.3 is 0 Å². The maximum atomic E-state index is 12.4. The summed E-state index contributed by atoms with van der Waals surface area (Å²) in [4.78, 5) is 0. The summed E-state index contributed by atoms with van der Waals surface area (Å²) < 4.78 is 37.2. The molecule has 0 aromatic heterocycles. The van der Waals surface area contributed by atoms with E-state index in [0.29, 0.717) is 0 Å². The van der Waals surface area contributed by atoms with Crippen LogP contribution in [0.1, 0.15) is 39.0 Å². The van der Waals surface area contributed by atoms with Crippen molar-refractivity contribution in [2.45, 2.75) is 39.0 Å². The summed E-state index contributed by atoms with van der Waals surface area (Å²) in [5.74, 6) is 0. The number of unbranched alkanes of at least 4 members (excludes halogenated alkanes) is 4. The molecule has 0 unspecified atom stereocenters. The molecule has 0 spiro atoms. The van der Waals surface area contributed by atoms with Gasteiger partial charge in [-0.15, -0.1) is 0 Å². The molecule has 0 amide bonds. The quantitative estimate of drug-likeness (QED) is 0.400. The third-order valence-corrected chi connectivity index (χ3v) is 2.49. The molecule has 90 valence electrons. The molecule has 0 nitrogen and oxygen atoms in total. The molecule has 0 aromatic rings. The van der Waals surface area contributed by atoms with Crippen molar-refractivity contribution >= 4 is 0 Å². The van der Waals surface area contributed by atoms with Crippen molar-refractivity contribution in [1.29, 1.82) is 0 Å². The summed E-state index contributed by atoms with van der Waals surface area (Å²) in [6, 6.07) is 0. The highest BCUT2D eigenvalue weighted by molar-refractivity contribution is 4.99. The minimum atomic E-state index is -1.51. The molecule has 0 bridgehead atoms. The molecule has 0 N–H and O–H groups in total. The van der Waals surface area contributed by atoms with Gasteiger partial charge in [0.1, 0.15) is 20.0 Å². The van der Waals surface area contributed by atoms with Gasteiger partial charge in [-0.3, -0.25) is 0 Å².